The van der Waals surface area contributed by atoms with Gasteiger partial charge in [0.2, 0.25) is 0 Å². The van der Waals surface area contributed by atoms with Crippen molar-refractivity contribution in [1.82, 2.24) is 10.2 Å². The van der Waals surface area contributed by atoms with Gasteiger partial charge in [-0.25, -0.2) is 0 Å². The number of likely N-dealkylation sites (N-methyl/N-ethyl adjacent to an activating group) is 1. The summed E-state index contributed by atoms with van der Waals surface area (Å²) < 4.78 is 0. The van der Waals surface area contributed by atoms with Crippen LogP contribution in [0.4, 0.5) is 0 Å². The van der Waals surface area contributed by atoms with Crippen molar-refractivity contribution < 1.29 is 0 Å². The highest BCUT2D eigenvalue weighted by Crippen LogP contribution is 2.06. The highest BCUT2D eigenvalue weighted by Gasteiger charge is 2.07. The summed E-state index contributed by atoms with van der Waals surface area (Å²) in [6.07, 6.45) is 5.02. The van der Waals surface area contributed by atoms with E-state index in [1.54, 1.807) is 0 Å². The monoisotopic (exact) mass is 197 g/mol. The second-order valence-corrected chi connectivity index (χ2v) is 4.33. The van der Waals surface area contributed by atoms with Gasteiger partial charge in [0.05, 0.1) is 5.84 Å². The molecule has 1 aliphatic rings. The van der Waals surface area contributed by atoms with Crippen LogP contribution in [0.2, 0.25) is 0 Å². The topological polar surface area (TPSA) is 27.6 Å². The summed E-state index contributed by atoms with van der Waals surface area (Å²) in [7, 11) is 4.22. The van der Waals surface area contributed by atoms with Gasteiger partial charge < -0.3 is 10.2 Å². The number of hydrogen-bond donors (Lipinski definition) is 1. The Hall–Kier alpha value is -0.570. The van der Waals surface area contributed by atoms with Crippen molar-refractivity contribution in [2.24, 2.45) is 4.99 Å². The number of nitrogens with one attached hydrogen (secondary N) is 1. The van der Waals surface area contributed by atoms with Gasteiger partial charge in [0.1, 0.15) is 0 Å². The molecule has 3 nitrogen and oxygen atoms in total. The van der Waals surface area contributed by atoms with Crippen molar-refractivity contribution in [3.63, 3.8) is 0 Å². The zero-order valence-corrected chi connectivity index (χ0v) is 9.71. The van der Waals surface area contributed by atoms with Crippen LogP contribution in [0.5, 0.6) is 0 Å². The largest absolute Gasteiger partial charge is 0.372 e. The molecule has 0 saturated heterocycles. The van der Waals surface area contributed by atoms with Crippen molar-refractivity contribution in [3.05, 3.63) is 0 Å². The predicted octanol–water partition coefficient (Wildman–Crippen LogP) is 1.50. The molecule has 0 fully saturated rings. The minimum atomic E-state index is 0.570. The Labute approximate surface area is 87.6 Å². The molecule has 1 unspecified atom stereocenters. The molecule has 14 heavy (non-hydrogen) atoms. The van der Waals surface area contributed by atoms with E-state index in [-0.39, 0.29) is 0 Å². The third-order valence-corrected chi connectivity index (χ3v) is 2.86. The Morgan fingerprint density at radius 3 is 2.86 bits per heavy atom. The van der Waals surface area contributed by atoms with Crippen LogP contribution in [-0.4, -0.2) is 44.0 Å². The quantitative estimate of drug-likeness (QED) is 0.742. The molecule has 0 amide bonds. The molecule has 3 heteroatoms. The number of nitrogens with zero attached hydrogens (tertiary/aromatic N) is 2. The maximum absolute atomic E-state index is 4.54. The lowest BCUT2D eigenvalue weighted by Crippen LogP contribution is -2.38. The molecule has 0 spiro atoms. The first-order valence-corrected chi connectivity index (χ1v) is 5.64. The van der Waals surface area contributed by atoms with Gasteiger partial charge in [-0.3, -0.25) is 4.99 Å². The van der Waals surface area contributed by atoms with Crippen LogP contribution >= 0.6 is 0 Å². The first-order chi connectivity index (χ1) is 6.70. The first kappa shape index (κ1) is 11.5. The van der Waals surface area contributed by atoms with Crippen molar-refractivity contribution in [2.45, 2.75) is 38.6 Å². The zero-order valence-electron chi connectivity index (χ0n) is 9.71. The van der Waals surface area contributed by atoms with Crippen molar-refractivity contribution in [2.75, 3.05) is 27.2 Å². The van der Waals surface area contributed by atoms with Gasteiger partial charge in [-0.2, -0.15) is 0 Å². The smallest absolute Gasteiger partial charge is 0.0963 e. The molecule has 1 aliphatic heterocycles. The Balaban J connectivity index is 2.25. The van der Waals surface area contributed by atoms with E-state index in [2.05, 4.69) is 36.2 Å². The fraction of sp³-hybridized carbons (Fsp3) is 0.909. The van der Waals surface area contributed by atoms with Gasteiger partial charge in [-0.05, 0) is 33.9 Å². The first-order valence-electron chi connectivity index (χ1n) is 5.64. The highest BCUT2D eigenvalue weighted by atomic mass is 15.1. The summed E-state index contributed by atoms with van der Waals surface area (Å²) in [5.41, 5.74) is 0. The molecular weight excluding hydrogens is 174 g/mol. The van der Waals surface area contributed by atoms with Crippen LogP contribution in [0.1, 0.15) is 32.6 Å². The number of amidine groups is 1. The molecule has 0 radical (unpaired) electrons. The average Bonchev–Trinajstić information content (AvgIpc) is 2.42. The highest BCUT2D eigenvalue weighted by molar-refractivity contribution is 5.82. The molecule has 0 aliphatic carbocycles. The molecule has 0 aromatic rings. The fourth-order valence-corrected chi connectivity index (χ4v) is 1.47. The van der Waals surface area contributed by atoms with E-state index in [1.807, 2.05) is 0 Å². The van der Waals surface area contributed by atoms with Crippen LogP contribution in [-0.2, 0) is 0 Å². The van der Waals surface area contributed by atoms with Gasteiger partial charge in [-0.1, -0.05) is 6.42 Å². The van der Waals surface area contributed by atoms with Crippen LogP contribution in [0.15, 0.2) is 4.99 Å². The lowest BCUT2D eigenvalue weighted by molar-refractivity contribution is 0.313. The molecule has 1 N–H and O–H groups in total. The van der Waals surface area contributed by atoms with Gasteiger partial charge in [0.25, 0.3) is 0 Å². The van der Waals surface area contributed by atoms with Crippen molar-refractivity contribution in [3.8, 4) is 0 Å². The summed E-state index contributed by atoms with van der Waals surface area (Å²) in [5, 5.41) is 3.45. The van der Waals surface area contributed by atoms with E-state index in [1.165, 1.54) is 25.1 Å². The van der Waals surface area contributed by atoms with E-state index in [0.29, 0.717) is 6.04 Å². The number of aliphatic imine (C=N–C) groups is 1. The molecule has 0 aromatic carbocycles. The minimum absolute atomic E-state index is 0.570. The van der Waals surface area contributed by atoms with Gasteiger partial charge >= 0.3 is 0 Å². The molecule has 82 valence electrons. The fourth-order valence-electron chi connectivity index (χ4n) is 1.47. The molecule has 0 saturated carbocycles. The summed E-state index contributed by atoms with van der Waals surface area (Å²) in [4.78, 5) is 6.77. The van der Waals surface area contributed by atoms with E-state index in [4.69, 9.17) is 0 Å². The van der Waals surface area contributed by atoms with Crippen molar-refractivity contribution >= 4 is 5.84 Å². The standard InChI is InChI=1S/C11H23N3/c1-10(14(2)3)9-13-11-7-5-4-6-8-12-11/h10H,4-9H2,1-3H3,(H,12,13). The molecule has 0 aromatic heterocycles. The Kier molecular flexibility index (Phi) is 4.94. The maximum Gasteiger partial charge on any atom is 0.0963 e. The molecule has 1 rings (SSSR count). The zero-order chi connectivity index (χ0) is 10.4. The lowest BCUT2D eigenvalue weighted by atomic mass is 10.2. The van der Waals surface area contributed by atoms with Crippen LogP contribution < -0.4 is 5.32 Å². The van der Waals surface area contributed by atoms with Gasteiger partial charge in [-0.15, -0.1) is 0 Å². The van der Waals surface area contributed by atoms with Crippen LogP contribution in [0.3, 0.4) is 0 Å². The molecule has 0 bridgehead atoms. The summed E-state index contributed by atoms with van der Waals surface area (Å²) >= 11 is 0. The molecular formula is C11H23N3. The molecule has 1 heterocycles. The SMILES string of the molecule is CC(CNC1=NCCCCC1)N(C)C. The maximum atomic E-state index is 4.54. The van der Waals surface area contributed by atoms with E-state index in [0.717, 1.165) is 19.5 Å². The second kappa shape index (κ2) is 6.02. The minimum Gasteiger partial charge on any atom is -0.372 e. The average molecular weight is 197 g/mol. The second-order valence-electron chi connectivity index (χ2n) is 4.33. The lowest BCUT2D eigenvalue weighted by Gasteiger charge is -2.21. The Morgan fingerprint density at radius 1 is 1.36 bits per heavy atom. The Bertz CT molecular complexity index is 187. The Morgan fingerprint density at radius 2 is 2.14 bits per heavy atom. The summed E-state index contributed by atoms with van der Waals surface area (Å²) in [6, 6.07) is 0.570. The van der Waals surface area contributed by atoms with E-state index >= 15 is 0 Å². The van der Waals surface area contributed by atoms with Gasteiger partial charge in [0, 0.05) is 25.6 Å². The summed E-state index contributed by atoms with van der Waals surface area (Å²) in [6.45, 7) is 4.24. The van der Waals surface area contributed by atoms with Gasteiger partial charge in [0.15, 0.2) is 0 Å². The van der Waals surface area contributed by atoms with Crippen molar-refractivity contribution in [1.29, 1.82) is 0 Å². The van der Waals surface area contributed by atoms with Crippen LogP contribution in [0.25, 0.3) is 0 Å². The number of hydrogen-bond acceptors (Lipinski definition) is 3. The number of rotatable bonds is 3. The van der Waals surface area contributed by atoms with E-state index in [9.17, 15) is 0 Å². The van der Waals surface area contributed by atoms with E-state index < -0.39 is 0 Å². The summed E-state index contributed by atoms with van der Waals surface area (Å²) in [5.74, 6) is 1.22. The molecule has 1 atom stereocenters. The third kappa shape index (κ3) is 4.09. The van der Waals surface area contributed by atoms with Crippen LogP contribution in [0, 0.1) is 0 Å². The normalized spacial score (nSPS) is 20.1. The predicted molar refractivity (Wildman–Crippen MR) is 61.9 cm³/mol. The third-order valence-electron chi connectivity index (χ3n) is 2.86.